The summed E-state index contributed by atoms with van der Waals surface area (Å²) in [6.45, 7) is 4.69. The van der Waals surface area contributed by atoms with E-state index in [1.807, 2.05) is 0 Å². The fourth-order valence-electron chi connectivity index (χ4n) is 3.86. The van der Waals surface area contributed by atoms with Crippen LogP contribution < -0.4 is 9.47 Å². The first-order valence-corrected chi connectivity index (χ1v) is 11.0. The van der Waals surface area contributed by atoms with Crippen molar-refractivity contribution in [2.24, 2.45) is 0 Å². The highest BCUT2D eigenvalue weighted by Gasteiger charge is 2.64. The predicted octanol–water partition coefficient (Wildman–Crippen LogP) is 4.57. The number of esters is 2. The summed E-state index contributed by atoms with van der Waals surface area (Å²) in [7, 11) is 0.761. The van der Waals surface area contributed by atoms with Crippen LogP contribution in [0.2, 0.25) is 0 Å². The molecule has 0 radical (unpaired) electrons. The Morgan fingerprint density at radius 2 is 1.49 bits per heavy atom. The van der Waals surface area contributed by atoms with Crippen LogP contribution in [0.25, 0.3) is 0 Å². The number of ether oxygens (including phenoxy) is 5. The maximum Gasteiger partial charge on any atom is 0.432 e. The van der Waals surface area contributed by atoms with Gasteiger partial charge in [-0.05, 0) is 32.9 Å². The molecule has 5 atom stereocenters. The monoisotopic (exact) mass is 496 g/mol. The first-order chi connectivity index (χ1) is 16.5. The van der Waals surface area contributed by atoms with E-state index in [4.69, 9.17) is 23.7 Å². The van der Waals surface area contributed by atoms with Crippen LogP contribution >= 0.6 is 0 Å². The van der Waals surface area contributed by atoms with Crippen LogP contribution in [0.5, 0.6) is 11.5 Å². The molecule has 10 heteroatoms. The summed E-state index contributed by atoms with van der Waals surface area (Å²) >= 11 is 0. The van der Waals surface area contributed by atoms with Crippen LogP contribution in [0.4, 0.5) is 13.2 Å². The van der Waals surface area contributed by atoms with Gasteiger partial charge in [0.2, 0.25) is 6.10 Å². The number of alkyl halides is 3. The van der Waals surface area contributed by atoms with E-state index in [1.165, 1.54) is 31.2 Å². The number of cyclic esters (lactones) is 1. The summed E-state index contributed by atoms with van der Waals surface area (Å²) in [5.41, 5.74) is -3.88. The minimum atomic E-state index is -5.16. The van der Waals surface area contributed by atoms with Crippen LogP contribution in [0, 0.1) is 0 Å². The van der Waals surface area contributed by atoms with Gasteiger partial charge in [-0.2, -0.15) is 13.2 Å². The molecule has 0 aliphatic carbocycles. The Bertz CT molecular complexity index is 1030. The van der Waals surface area contributed by atoms with E-state index < -0.39 is 47.6 Å². The van der Waals surface area contributed by atoms with Crippen molar-refractivity contribution >= 4 is 11.9 Å². The molecule has 0 aromatic heterocycles. The summed E-state index contributed by atoms with van der Waals surface area (Å²) in [6, 6.07) is 12.9. The number of fused-ring (bicyclic) bond motifs is 1. The van der Waals surface area contributed by atoms with E-state index in [9.17, 15) is 22.8 Å². The lowest BCUT2D eigenvalue weighted by Gasteiger charge is -2.34. The Morgan fingerprint density at radius 1 is 0.943 bits per heavy atom. The molecule has 0 bridgehead atoms. The summed E-state index contributed by atoms with van der Waals surface area (Å²) in [5.74, 6) is -2.16. The van der Waals surface area contributed by atoms with Gasteiger partial charge in [-0.3, -0.25) is 0 Å². The van der Waals surface area contributed by atoms with Crippen molar-refractivity contribution in [1.82, 2.24) is 0 Å². The highest BCUT2D eigenvalue weighted by Crippen LogP contribution is 2.43. The number of carbonyl (C=O) groups excluding carboxylic acids is 2. The highest BCUT2D eigenvalue weighted by atomic mass is 19.4. The van der Waals surface area contributed by atoms with E-state index in [0.29, 0.717) is 12.2 Å². The average molecular weight is 496 g/mol. The number of rotatable bonds is 5. The molecule has 0 amide bonds. The summed E-state index contributed by atoms with van der Waals surface area (Å²) < 4.78 is 69.7. The maximum absolute atomic E-state index is 14.2. The van der Waals surface area contributed by atoms with E-state index in [0.717, 1.165) is 19.2 Å². The van der Waals surface area contributed by atoms with Gasteiger partial charge >= 0.3 is 18.1 Å². The van der Waals surface area contributed by atoms with Crippen LogP contribution in [-0.2, 0) is 29.4 Å². The van der Waals surface area contributed by atoms with Gasteiger partial charge in [-0.1, -0.05) is 42.5 Å². The summed E-state index contributed by atoms with van der Waals surface area (Å²) in [4.78, 5) is 26.0. The number of hydrogen-bond acceptors (Lipinski definition) is 7. The smallest absolute Gasteiger partial charge is 0.432 e. The van der Waals surface area contributed by atoms with E-state index >= 15 is 0 Å². The van der Waals surface area contributed by atoms with Gasteiger partial charge in [0.05, 0.1) is 6.10 Å². The molecule has 1 aliphatic rings. The lowest BCUT2D eigenvalue weighted by atomic mass is 9.92. The molecule has 1 unspecified atom stereocenters. The van der Waals surface area contributed by atoms with Crippen LogP contribution in [0.1, 0.15) is 32.8 Å². The number of benzene rings is 2. The number of methoxy groups -OCH3 is 1. The molecule has 0 fully saturated rings. The van der Waals surface area contributed by atoms with E-state index in [1.54, 1.807) is 32.0 Å². The van der Waals surface area contributed by atoms with Crippen molar-refractivity contribution in [3.05, 3.63) is 60.2 Å². The van der Waals surface area contributed by atoms with Crippen molar-refractivity contribution in [3.8, 4) is 11.5 Å². The fourth-order valence-corrected chi connectivity index (χ4v) is 3.86. The van der Waals surface area contributed by atoms with Crippen LogP contribution in [0.15, 0.2) is 54.6 Å². The van der Waals surface area contributed by atoms with Crippen molar-refractivity contribution in [1.29, 1.82) is 0 Å². The number of halogens is 3. The van der Waals surface area contributed by atoms with Gasteiger partial charge in [-0.15, -0.1) is 0 Å². The van der Waals surface area contributed by atoms with Crippen molar-refractivity contribution < 1.29 is 46.4 Å². The normalized spacial score (nSPS) is 23.4. The molecule has 0 spiro atoms. The maximum atomic E-state index is 14.2. The fraction of sp³-hybridized carbons (Fsp3) is 0.440. The Labute approximate surface area is 201 Å². The molecule has 0 saturated heterocycles. The van der Waals surface area contributed by atoms with E-state index in [2.05, 4.69) is 0 Å². The molecule has 190 valence electrons. The standard InChI is InChI=1S/C25H27F3O7/c1-15-14-16(2)33-22(29)21(35-20-13-9-8-12-19(20)32-15)17(3)34-23(30)24(31-4,25(26,27)28)18-10-6-5-7-11-18/h5-13,15-17,21H,14H2,1-4H3/t15-,16+,17-,21?,24+/m0/s1. The van der Waals surface area contributed by atoms with Crippen molar-refractivity contribution in [2.75, 3.05) is 7.11 Å². The molecule has 7 nitrogen and oxygen atoms in total. The van der Waals surface area contributed by atoms with Crippen molar-refractivity contribution in [2.45, 2.75) is 63.4 Å². The molecular weight excluding hydrogens is 469 g/mol. The SMILES string of the molecule is CO[C@@](C(=O)O[C@@H](C)C1Oc2ccccc2O[C@@H](C)C[C@@H](C)OC1=O)(c1ccccc1)C(F)(F)F. The average Bonchev–Trinajstić information content (AvgIpc) is 2.78. The van der Waals surface area contributed by atoms with Gasteiger partial charge in [0.1, 0.15) is 12.2 Å². The predicted molar refractivity (Wildman–Crippen MR) is 118 cm³/mol. The quantitative estimate of drug-likeness (QED) is 0.561. The third kappa shape index (κ3) is 5.53. The zero-order chi connectivity index (χ0) is 25.8. The van der Waals surface area contributed by atoms with Crippen molar-refractivity contribution in [3.63, 3.8) is 0 Å². The van der Waals surface area contributed by atoms with E-state index in [-0.39, 0.29) is 11.9 Å². The third-order valence-corrected chi connectivity index (χ3v) is 5.54. The molecule has 3 rings (SSSR count). The Balaban J connectivity index is 1.95. The lowest BCUT2D eigenvalue weighted by Crippen LogP contribution is -2.54. The van der Waals surface area contributed by atoms with Gasteiger partial charge < -0.3 is 23.7 Å². The van der Waals surface area contributed by atoms with Gasteiger partial charge in [0.25, 0.3) is 5.60 Å². The first-order valence-electron chi connectivity index (χ1n) is 11.0. The second-order valence-electron chi connectivity index (χ2n) is 8.26. The number of hydrogen-bond donors (Lipinski definition) is 0. The minimum Gasteiger partial charge on any atom is -0.487 e. The molecule has 0 saturated carbocycles. The lowest BCUT2D eigenvalue weighted by molar-refractivity contribution is -0.278. The molecular formula is C25H27F3O7. The Kier molecular flexibility index (Phi) is 7.94. The number of para-hydroxylation sites is 2. The number of carbonyl (C=O) groups is 2. The van der Waals surface area contributed by atoms with Gasteiger partial charge in [0.15, 0.2) is 11.5 Å². The zero-order valence-electron chi connectivity index (χ0n) is 19.7. The Hall–Kier alpha value is -3.27. The molecule has 35 heavy (non-hydrogen) atoms. The second-order valence-corrected chi connectivity index (χ2v) is 8.26. The third-order valence-electron chi connectivity index (χ3n) is 5.54. The topological polar surface area (TPSA) is 80.3 Å². The zero-order valence-corrected chi connectivity index (χ0v) is 19.7. The molecule has 2 aromatic carbocycles. The summed E-state index contributed by atoms with van der Waals surface area (Å²) in [6.07, 6.45) is -8.76. The first kappa shape index (κ1) is 26.3. The van der Waals surface area contributed by atoms with Crippen LogP contribution in [-0.4, -0.2) is 49.6 Å². The highest BCUT2D eigenvalue weighted by molar-refractivity contribution is 5.84. The van der Waals surface area contributed by atoms with Crippen LogP contribution in [0.3, 0.4) is 0 Å². The second kappa shape index (κ2) is 10.6. The largest absolute Gasteiger partial charge is 0.487 e. The molecule has 1 aliphatic heterocycles. The Morgan fingerprint density at radius 3 is 2.06 bits per heavy atom. The molecule has 0 N–H and O–H groups in total. The van der Waals surface area contributed by atoms with Gasteiger partial charge in [0, 0.05) is 19.1 Å². The minimum absolute atomic E-state index is 0.149. The molecule has 2 aromatic rings. The van der Waals surface area contributed by atoms with Gasteiger partial charge in [-0.25, -0.2) is 9.59 Å². The molecule has 1 heterocycles. The summed E-state index contributed by atoms with van der Waals surface area (Å²) in [5, 5.41) is 0.